The summed E-state index contributed by atoms with van der Waals surface area (Å²) in [6.45, 7) is 2.28. The lowest BCUT2D eigenvalue weighted by atomic mass is 9.81. The van der Waals surface area contributed by atoms with E-state index in [1.807, 2.05) is 29.6 Å². The van der Waals surface area contributed by atoms with Crippen molar-refractivity contribution in [3.05, 3.63) is 57.4 Å². The van der Waals surface area contributed by atoms with Crippen molar-refractivity contribution in [1.82, 2.24) is 9.88 Å². The fraction of sp³-hybridized carbons (Fsp3) is 0.481. The summed E-state index contributed by atoms with van der Waals surface area (Å²) < 4.78 is 20.7. The smallest absolute Gasteiger partial charge is 0.308 e. The monoisotopic (exact) mass is 518 g/mol. The number of carboxylic acid groups (broad SMARTS) is 1. The van der Waals surface area contributed by atoms with Crippen molar-refractivity contribution >= 4 is 39.8 Å². The van der Waals surface area contributed by atoms with Crippen LogP contribution in [0.5, 0.6) is 5.75 Å². The van der Waals surface area contributed by atoms with Gasteiger partial charge in [0.15, 0.2) is 0 Å². The molecule has 3 aromatic rings. The molecule has 0 spiro atoms. The highest BCUT2D eigenvalue weighted by Crippen LogP contribution is 2.35. The Morgan fingerprint density at radius 1 is 1.34 bits per heavy atom. The number of carbonyl (C=O) groups is 1. The van der Waals surface area contributed by atoms with Crippen LogP contribution in [-0.4, -0.2) is 47.7 Å². The maximum absolute atomic E-state index is 15.4. The number of aromatic nitrogens is 1. The maximum atomic E-state index is 15.4. The number of aliphatic carboxylic acids is 1. The summed E-state index contributed by atoms with van der Waals surface area (Å²) in [5.74, 6) is -0.596. The van der Waals surface area contributed by atoms with Crippen molar-refractivity contribution in [3.8, 4) is 5.75 Å². The van der Waals surface area contributed by atoms with Crippen molar-refractivity contribution in [2.24, 2.45) is 11.8 Å². The topological polar surface area (TPSA) is 62.7 Å². The Morgan fingerprint density at radius 3 is 2.94 bits per heavy atom. The molecule has 0 aliphatic carbocycles. The lowest BCUT2D eigenvalue weighted by Crippen LogP contribution is -2.44. The van der Waals surface area contributed by atoms with E-state index in [9.17, 15) is 9.90 Å². The van der Waals surface area contributed by atoms with Gasteiger partial charge in [0.05, 0.1) is 23.6 Å². The first-order valence-corrected chi connectivity index (χ1v) is 13.5. The maximum Gasteiger partial charge on any atom is 0.308 e. The highest BCUT2D eigenvalue weighted by molar-refractivity contribution is 7.10. The minimum Gasteiger partial charge on any atom is -0.497 e. The number of thiophene rings is 1. The molecule has 3 atom stereocenters. The summed E-state index contributed by atoms with van der Waals surface area (Å²) in [6, 6.07) is 9.10. The zero-order valence-electron chi connectivity index (χ0n) is 20.0. The van der Waals surface area contributed by atoms with E-state index in [1.165, 1.54) is 4.88 Å². The van der Waals surface area contributed by atoms with E-state index in [2.05, 4.69) is 9.88 Å². The number of alkyl halides is 1. The third kappa shape index (κ3) is 6.51. The van der Waals surface area contributed by atoms with Gasteiger partial charge in [0.25, 0.3) is 0 Å². The van der Waals surface area contributed by atoms with Crippen LogP contribution in [0.2, 0.25) is 5.02 Å². The number of methoxy groups -OCH3 is 1. The van der Waals surface area contributed by atoms with E-state index < -0.39 is 18.1 Å². The lowest BCUT2D eigenvalue weighted by molar-refractivity contribution is -0.146. The molecule has 4 rings (SSSR count). The first-order valence-electron chi connectivity index (χ1n) is 12.2. The van der Waals surface area contributed by atoms with E-state index in [0.29, 0.717) is 30.7 Å². The summed E-state index contributed by atoms with van der Waals surface area (Å²) >= 11 is 7.85. The molecule has 8 heteroatoms. The van der Waals surface area contributed by atoms with Gasteiger partial charge >= 0.3 is 5.97 Å². The van der Waals surface area contributed by atoms with E-state index in [1.54, 1.807) is 30.7 Å². The van der Waals surface area contributed by atoms with Crippen LogP contribution in [0.1, 0.15) is 48.7 Å². The number of carboxylic acids is 1. The summed E-state index contributed by atoms with van der Waals surface area (Å²) in [5, 5.41) is 13.5. The summed E-state index contributed by atoms with van der Waals surface area (Å²) in [7, 11) is 1.59. The van der Waals surface area contributed by atoms with Crippen molar-refractivity contribution in [2.45, 2.75) is 44.7 Å². The fourth-order valence-electron chi connectivity index (χ4n) is 5.08. The first-order chi connectivity index (χ1) is 17.0. The first kappa shape index (κ1) is 25.9. The average molecular weight is 519 g/mol. The zero-order valence-corrected chi connectivity index (χ0v) is 21.5. The highest BCUT2D eigenvalue weighted by atomic mass is 35.5. The number of ether oxygens (including phenoxy) is 1. The number of unbranched alkanes of at least 4 members (excludes halogenated alkanes) is 1. The number of fused-ring (bicyclic) bond motifs is 1. The molecule has 1 aliphatic rings. The number of halogens is 2. The average Bonchev–Trinajstić information content (AvgIpc) is 3.29. The van der Waals surface area contributed by atoms with Crippen molar-refractivity contribution in [2.75, 3.05) is 26.7 Å². The van der Waals surface area contributed by atoms with Gasteiger partial charge in [-0.2, -0.15) is 0 Å². The lowest BCUT2D eigenvalue weighted by Gasteiger charge is -2.37. The molecule has 3 heterocycles. The fourth-order valence-corrected chi connectivity index (χ4v) is 6.26. The second-order valence-electron chi connectivity index (χ2n) is 9.27. The van der Waals surface area contributed by atoms with E-state index >= 15 is 4.39 Å². The van der Waals surface area contributed by atoms with Crippen LogP contribution in [0.3, 0.4) is 0 Å². The molecular formula is C27H32ClFN2O3S. The Bertz CT molecular complexity index is 1140. The van der Waals surface area contributed by atoms with Crippen LogP contribution < -0.4 is 4.74 Å². The number of rotatable bonds is 11. The number of hydrogen-bond donors (Lipinski definition) is 1. The standard InChI is InChI=1S/C27H32ClFN2O3S/c1-34-19-6-8-25-21(16-19)20(9-12-30-25)24(29)7-5-18-10-14-31(17-22(18)27(32)33)13-3-2-4-26-23(28)11-15-35-26/h6,8-9,11-12,15-16,18,22,24H,2-5,7,10,13-14,17H2,1H3,(H,32,33)/t18-,22+,24-/m1/s1. The molecule has 0 saturated carbocycles. The van der Waals surface area contributed by atoms with Crippen molar-refractivity contribution in [1.29, 1.82) is 0 Å². The summed E-state index contributed by atoms with van der Waals surface area (Å²) in [6.07, 6.45) is 5.09. The molecular weight excluding hydrogens is 487 g/mol. The second kappa shape index (κ2) is 12.2. The Kier molecular flexibility index (Phi) is 8.98. The van der Waals surface area contributed by atoms with Gasteiger partial charge in [-0.3, -0.25) is 9.78 Å². The molecule has 1 aliphatic heterocycles. The SMILES string of the molecule is COc1ccc2nccc([C@H](F)CC[C@@H]3CCN(CCCCc4sccc4Cl)C[C@@H]3C(=O)O)c2c1. The van der Waals surface area contributed by atoms with Crippen molar-refractivity contribution < 1.29 is 19.0 Å². The molecule has 1 saturated heterocycles. The van der Waals surface area contributed by atoms with Gasteiger partial charge in [-0.05, 0) is 98.8 Å². The van der Waals surface area contributed by atoms with Gasteiger partial charge in [-0.25, -0.2) is 4.39 Å². The van der Waals surface area contributed by atoms with Crippen molar-refractivity contribution in [3.63, 3.8) is 0 Å². The van der Waals surface area contributed by atoms with E-state index in [4.69, 9.17) is 16.3 Å². The van der Waals surface area contributed by atoms with Gasteiger partial charge in [0, 0.05) is 23.0 Å². The third-order valence-electron chi connectivity index (χ3n) is 7.09. The number of nitrogens with zero attached hydrogens (tertiary/aromatic N) is 2. The minimum atomic E-state index is -1.18. The Hall–Kier alpha value is -2.22. The molecule has 0 radical (unpaired) electrons. The van der Waals surface area contributed by atoms with Crippen LogP contribution in [0.4, 0.5) is 4.39 Å². The molecule has 1 aromatic carbocycles. The predicted molar refractivity (Wildman–Crippen MR) is 139 cm³/mol. The number of benzene rings is 1. The summed E-state index contributed by atoms with van der Waals surface area (Å²) in [5.41, 5.74) is 1.31. The normalized spacial score (nSPS) is 19.6. The number of hydrogen-bond acceptors (Lipinski definition) is 5. The van der Waals surface area contributed by atoms with Gasteiger partial charge in [-0.1, -0.05) is 11.6 Å². The quantitative estimate of drug-likeness (QED) is 0.283. The van der Waals surface area contributed by atoms with Gasteiger partial charge in [0.2, 0.25) is 0 Å². The minimum absolute atomic E-state index is 0.0189. The molecule has 2 aromatic heterocycles. The third-order valence-corrected chi connectivity index (χ3v) is 8.53. The molecule has 0 unspecified atom stereocenters. The van der Waals surface area contributed by atoms with Gasteiger partial charge < -0.3 is 14.7 Å². The second-order valence-corrected chi connectivity index (χ2v) is 10.7. The molecule has 5 nitrogen and oxygen atoms in total. The molecule has 1 N–H and O–H groups in total. The number of pyridine rings is 1. The largest absolute Gasteiger partial charge is 0.497 e. The zero-order chi connectivity index (χ0) is 24.8. The van der Waals surface area contributed by atoms with Crippen LogP contribution in [-0.2, 0) is 11.2 Å². The molecule has 0 bridgehead atoms. The van der Waals surface area contributed by atoms with Gasteiger partial charge in [-0.15, -0.1) is 11.3 Å². The highest BCUT2D eigenvalue weighted by Gasteiger charge is 2.34. The van der Waals surface area contributed by atoms with Crippen LogP contribution in [0.25, 0.3) is 10.9 Å². The predicted octanol–water partition coefficient (Wildman–Crippen LogP) is 6.79. The number of piperidine rings is 1. The Morgan fingerprint density at radius 2 is 2.20 bits per heavy atom. The number of aryl methyl sites for hydroxylation is 1. The number of likely N-dealkylation sites (tertiary alicyclic amines) is 1. The Balaban J connectivity index is 1.30. The van der Waals surface area contributed by atoms with Gasteiger partial charge in [0.1, 0.15) is 11.9 Å². The van der Waals surface area contributed by atoms with Crippen LogP contribution >= 0.6 is 22.9 Å². The van der Waals surface area contributed by atoms with E-state index in [0.717, 1.165) is 54.7 Å². The van der Waals surface area contributed by atoms with Crippen LogP contribution in [0, 0.1) is 11.8 Å². The molecule has 0 amide bonds. The van der Waals surface area contributed by atoms with Crippen LogP contribution in [0.15, 0.2) is 41.9 Å². The molecule has 35 heavy (non-hydrogen) atoms. The Labute approximate surface area is 214 Å². The molecule has 1 fully saturated rings. The summed E-state index contributed by atoms with van der Waals surface area (Å²) in [4.78, 5) is 19.8. The van der Waals surface area contributed by atoms with E-state index in [-0.39, 0.29) is 5.92 Å². The molecule has 188 valence electrons.